The van der Waals surface area contributed by atoms with Gasteiger partial charge in [0.1, 0.15) is 0 Å². The summed E-state index contributed by atoms with van der Waals surface area (Å²) < 4.78 is 0. The average Bonchev–Trinajstić information content (AvgIpc) is 2.74. The molecule has 0 fully saturated rings. The number of aliphatic hydroxyl groups is 1. The van der Waals surface area contributed by atoms with Crippen molar-refractivity contribution in [3.63, 3.8) is 0 Å². The fourth-order valence-electron chi connectivity index (χ4n) is 1.33. The van der Waals surface area contributed by atoms with Gasteiger partial charge in [-0.25, -0.2) is 4.98 Å². The van der Waals surface area contributed by atoms with Gasteiger partial charge in [0.05, 0.1) is 11.6 Å². The monoisotopic (exact) mass is 256 g/mol. The van der Waals surface area contributed by atoms with E-state index in [0.29, 0.717) is 0 Å². The van der Waals surface area contributed by atoms with Crippen molar-refractivity contribution in [3.05, 3.63) is 16.1 Å². The molecular weight excluding hydrogens is 232 g/mol. The molecule has 0 radical (unpaired) electrons. The van der Waals surface area contributed by atoms with E-state index in [1.54, 1.807) is 11.3 Å². The Morgan fingerprint density at radius 2 is 2.00 bits per heavy atom. The fourth-order valence-corrected chi connectivity index (χ4v) is 2.24. The molecular formula is C13H24N2OS. The molecule has 0 amide bonds. The quantitative estimate of drug-likeness (QED) is 0.851. The molecule has 0 spiro atoms. The molecule has 3 nitrogen and oxygen atoms in total. The van der Waals surface area contributed by atoms with Crippen LogP contribution in [0.15, 0.2) is 6.20 Å². The standard InChI is InChI=1S/C13H24N2OS/c1-6-13(5,9-16)15-8-10-7-14-11(17-10)12(2,3)4/h7,15-16H,6,8-9H2,1-5H3. The van der Waals surface area contributed by atoms with Crippen molar-refractivity contribution >= 4 is 11.3 Å². The van der Waals surface area contributed by atoms with E-state index in [1.165, 1.54) is 4.88 Å². The molecule has 1 heterocycles. The van der Waals surface area contributed by atoms with E-state index >= 15 is 0 Å². The lowest BCUT2D eigenvalue weighted by atomic mass is 9.98. The first-order valence-corrected chi connectivity index (χ1v) is 6.93. The Hall–Kier alpha value is -0.450. The molecule has 1 aromatic rings. The zero-order valence-electron chi connectivity index (χ0n) is 11.5. The predicted molar refractivity (Wildman–Crippen MR) is 73.4 cm³/mol. The largest absolute Gasteiger partial charge is 0.394 e. The van der Waals surface area contributed by atoms with Gasteiger partial charge in [-0.2, -0.15) is 0 Å². The van der Waals surface area contributed by atoms with Gasteiger partial charge in [-0.1, -0.05) is 27.7 Å². The Morgan fingerprint density at radius 3 is 2.41 bits per heavy atom. The Morgan fingerprint density at radius 1 is 1.35 bits per heavy atom. The van der Waals surface area contributed by atoms with Crippen molar-refractivity contribution < 1.29 is 5.11 Å². The van der Waals surface area contributed by atoms with Gasteiger partial charge in [-0.3, -0.25) is 0 Å². The molecule has 0 aliphatic heterocycles. The molecule has 0 aliphatic carbocycles. The van der Waals surface area contributed by atoms with Crippen molar-refractivity contribution in [1.29, 1.82) is 0 Å². The highest BCUT2D eigenvalue weighted by Gasteiger charge is 2.21. The van der Waals surface area contributed by atoms with Gasteiger partial charge in [0.15, 0.2) is 0 Å². The molecule has 1 rings (SSSR count). The van der Waals surface area contributed by atoms with Crippen molar-refractivity contribution in [2.45, 2.75) is 58.5 Å². The second-order valence-corrected chi connectivity index (χ2v) is 6.92. The molecule has 0 saturated heterocycles. The topological polar surface area (TPSA) is 45.1 Å². The van der Waals surface area contributed by atoms with Gasteiger partial charge in [-0.05, 0) is 13.3 Å². The van der Waals surface area contributed by atoms with Gasteiger partial charge >= 0.3 is 0 Å². The van der Waals surface area contributed by atoms with E-state index in [1.807, 2.05) is 13.1 Å². The lowest BCUT2D eigenvalue weighted by Crippen LogP contribution is -2.44. The molecule has 4 heteroatoms. The highest BCUT2D eigenvalue weighted by atomic mass is 32.1. The van der Waals surface area contributed by atoms with Gasteiger partial charge in [-0.15, -0.1) is 11.3 Å². The predicted octanol–water partition coefficient (Wildman–Crippen LogP) is 2.69. The molecule has 0 aromatic carbocycles. The van der Waals surface area contributed by atoms with Crippen LogP contribution in [-0.2, 0) is 12.0 Å². The second kappa shape index (κ2) is 5.46. The molecule has 0 bridgehead atoms. The van der Waals surface area contributed by atoms with Gasteiger partial charge in [0, 0.05) is 28.6 Å². The summed E-state index contributed by atoms with van der Waals surface area (Å²) in [5, 5.41) is 13.9. The highest BCUT2D eigenvalue weighted by Crippen LogP contribution is 2.27. The van der Waals surface area contributed by atoms with Crippen LogP contribution in [0.25, 0.3) is 0 Å². The van der Waals surface area contributed by atoms with E-state index in [-0.39, 0.29) is 17.6 Å². The first-order chi connectivity index (χ1) is 7.80. The van der Waals surface area contributed by atoms with Gasteiger partial charge < -0.3 is 10.4 Å². The van der Waals surface area contributed by atoms with Crippen LogP contribution in [0.4, 0.5) is 0 Å². The third kappa shape index (κ3) is 4.05. The van der Waals surface area contributed by atoms with E-state index in [4.69, 9.17) is 0 Å². The van der Waals surface area contributed by atoms with E-state index < -0.39 is 0 Å². The first-order valence-electron chi connectivity index (χ1n) is 6.12. The number of thiazole rings is 1. The number of rotatable bonds is 5. The smallest absolute Gasteiger partial charge is 0.0981 e. The average molecular weight is 256 g/mol. The van der Waals surface area contributed by atoms with Crippen LogP contribution in [0.1, 0.15) is 50.9 Å². The van der Waals surface area contributed by atoms with Crippen LogP contribution < -0.4 is 5.32 Å². The Labute approximate surface area is 108 Å². The van der Waals surface area contributed by atoms with E-state index in [9.17, 15) is 5.11 Å². The summed E-state index contributed by atoms with van der Waals surface area (Å²) in [6, 6.07) is 0. The van der Waals surface area contributed by atoms with Crippen molar-refractivity contribution in [2.75, 3.05) is 6.61 Å². The number of aromatic nitrogens is 1. The minimum Gasteiger partial charge on any atom is -0.394 e. The zero-order chi connectivity index (χ0) is 13.1. The molecule has 0 saturated carbocycles. The van der Waals surface area contributed by atoms with Crippen molar-refractivity contribution in [3.8, 4) is 0 Å². The Kier molecular flexibility index (Phi) is 4.69. The summed E-state index contributed by atoms with van der Waals surface area (Å²) in [6.07, 6.45) is 2.85. The third-order valence-electron chi connectivity index (χ3n) is 3.01. The van der Waals surface area contributed by atoms with Gasteiger partial charge in [0.2, 0.25) is 0 Å². The van der Waals surface area contributed by atoms with E-state index in [2.05, 4.69) is 38.0 Å². The molecule has 0 aliphatic rings. The number of hydrogen-bond donors (Lipinski definition) is 2. The maximum absolute atomic E-state index is 9.32. The number of aliphatic hydroxyl groups excluding tert-OH is 1. The lowest BCUT2D eigenvalue weighted by molar-refractivity contribution is 0.169. The van der Waals surface area contributed by atoms with Crippen LogP contribution in [0, 0.1) is 0 Å². The normalized spacial score (nSPS) is 15.9. The number of nitrogens with one attached hydrogen (secondary N) is 1. The van der Waals surface area contributed by atoms with Crippen molar-refractivity contribution in [1.82, 2.24) is 10.3 Å². The third-order valence-corrected chi connectivity index (χ3v) is 4.44. The first kappa shape index (κ1) is 14.6. The fraction of sp³-hybridized carbons (Fsp3) is 0.769. The van der Waals surface area contributed by atoms with Crippen LogP contribution in [0.3, 0.4) is 0 Å². The maximum atomic E-state index is 9.32. The van der Waals surface area contributed by atoms with Crippen LogP contribution >= 0.6 is 11.3 Å². The number of nitrogens with zero attached hydrogens (tertiary/aromatic N) is 1. The molecule has 1 atom stereocenters. The van der Waals surface area contributed by atoms with Crippen LogP contribution in [0.5, 0.6) is 0 Å². The summed E-state index contributed by atoms with van der Waals surface area (Å²) in [5.41, 5.74) is -0.0696. The minimum atomic E-state index is -0.189. The SMILES string of the molecule is CCC(C)(CO)NCc1cnc(C(C)(C)C)s1. The molecule has 98 valence electrons. The molecule has 1 unspecified atom stereocenters. The number of hydrogen-bond acceptors (Lipinski definition) is 4. The summed E-state index contributed by atoms with van der Waals surface area (Å²) in [4.78, 5) is 5.68. The Balaban J connectivity index is 2.62. The van der Waals surface area contributed by atoms with E-state index in [0.717, 1.165) is 18.0 Å². The second-order valence-electron chi connectivity index (χ2n) is 5.81. The molecule has 2 N–H and O–H groups in total. The summed E-state index contributed by atoms with van der Waals surface area (Å²) >= 11 is 1.75. The minimum absolute atomic E-state index is 0.119. The van der Waals surface area contributed by atoms with Crippen LogP contribution in [-0.4, -0.2) is 22.2 Å². The van der Waals surface area contributed by atoms with Crippen molar-refractivity contribution in [2.24, 2.45) is 0 Å². The summed E-state index contributed by atoms with van der Waals surface area (Å²) in [5.74, 6) is 0. The Bertz CT molecular complexity index is 351. The zero-order valence-corrected chi connectivity index (χ0v) is 12.3. The molecule has 1 aromatic heterocycles. The van der Waals surface area contributed by atoms with Gasteiger partial charge in [0.25, 0.3) is 0 Å². The lowest BCUT2D eigenvalue weighted by Gasteiger charge is -2.26. The summed E-state index contributed by atoms with van der Waals surface area (Å²) in [7, 11) is 0. The summed E-state index contributed by atoms with van der Waals surface area (Å²) in [6.45, 7) is 11.6. The maximum Gasteiger partial charge on any atom is 0.0981 e. The highest BCUT2D eigenvalue weighted by molar-refractivity contribution is 7.11. The van der Waals surface area contributed by atoms with Crippen LogP contribution in [0.2, 0.25) is 0 Å². The molecule has 17 heavy (non-hydrogen) atoms.